The summed E-state index contributed by atoms with van der Waals surface area (Å²) in [6.07, 6.45) is 0. The number of anilines is 1. The third-order valence-corrected chi connectivity index (χ3v) is 3.05. The fraction of sp³-hybridized carbons (Fsp3) is 0.118. The summed E-state index contributed by atoms with van der Waals surface area (Å²) < 4.78 is 9.54. The van der Waals surface area contributed by atoms with Crippen molar-refractivity contribution in [3.8, 4) is 11.5 Å². The molecule has 0 fully saturated rings. The second-order valence-electron chi connectivity index (χ2n) is 4.76. The lowest BCUT2D eigenvalue weighted by molar-refractivity contribution is -0.131. The van der Waals surface area contributed by atoms with Crippen molar-refractivity contribution in [3.63, 3.8) is 0 Å². The van der Waals surface area contributed by atoms with E-state index in [0.29, 0.717) is 0 Å². The summed E-state index contributed by atoms with van der Waals surface area (Å²) in [5.41, 5.74) is 0.295. The summed E-state index contributed by atoms with van der Waals surface area (Å²) in [5.74, 6) is -2.00. The van der Waals surface area contributed by atoms with Gasteiger partial charge < -0.3 is 19.9 Å². The molecule has 0 atom stereocenters. The Labute approximate surface area is 137 Å². The minimum atomic E-state index is -0.669. The lowest BCUT2D eigenvalue weighted by Gasteiger charge is -2.11. The summed E-state index contributed by atoms with van der Waals surface area (Å²) in [4.78, 5) is 35.1. The molecule has 2 aromatic rings. The molecule has 7 nitrogen and oxygen atoms in total. The van der Waals surface area contributed by atoms with Crippen LogP contribution in [0.15, 0.2) is 42.5 Å². The van der Waals surface area contributed by atoms with E-state index in [1.54, 1.807) is 12.1 Å². The predicted octanol–water partition coefficient (Wildman–Crippen LogP) is 2.36. The standard InChI is InChI=1S/C17H15NO6/c1-10(19)24-11-7-8-15(20)13(9-11)16(21)18-14-6-4-3-5-12(14)17(22)23-2/h3-9,20H,1-2H3,(H,18,21). The molecule has 0 saturated heterocycles. The lowest BCUT2D eigenvalue weighted by atomic mass is 10.1. The number of hydrogen-bond acceptors (Lipinski definition) is 6. The zero-order chi connectivity index (χ0) is 17.7. The Morgan fingerprint density at radius 3 is 2.42 bits per heavy atom. The number of hydrogen-bond donors (Lipinski definition) is 2. The van der Waals surface area contributed by atoms with Gasteiger partial charge in [0.2, 0.25) is 0 Å². The van der Waals surface area contributed by atoms with Crippen LogP contribution in [-0.2, 0) is 9.53 Å². The van der Waals surface area contributed by atoms with Gasteiger partial charge in [0.05, 0.1) is 23.9 Å². The zero-order valence-corrected chi connectivity index (χ0v) is 13.0. The van der Waals surface area contributed by atoms with Crippen molar-refractivity contribution in [2.75, 3.05) is 12.4 Å². The normalized spacial score (nSPS) is 9.92. The first-order valence-corrected chi connectivity index (χ1v) is 6.92. The lowest BCUT2D eigenvalue weighted by Crippen LogP contribution is -2.16. The highest BCUT2D eigenvalue weighted by Crippen LogP contribution is 2.25. The first-order valence-electron chi connectivity index (χ1n) is 6.92. The van der Waals surface area contributed by atoms with Gasteiger partial charge in [0.25, 0.3) is 5.91 Å². The highest BCUT2D eigenvalue weighted by molar-refractivity contribution is 6.09. The van der Waals surface area contributed by atoms with Crippen molar-refractivity contribution in [3.05, 3.63) is 53.6 Å². The SMILES string of the molecule is COC(=O)c1ccccc1NC(=O)c1cc(OC(C)=O)ccc1O. The van der Waals surface area contributed by atoms with E-state index < -0.39 is 17.8 Å². The first-order chi connectivity index (χ1) is 11.4. The van der Waals surface area contributed by atoms with Crippen LogP contribution in [0.2, 0.25) is 0 Å². The fourth-order valence-electron chi connectivity index (χ4n) is 2.00. The molecule has 0 spiro atoms. The Hall–Kier alpha value is -3.35. The Bertz CT molecular complexity index is 799. The van der Waals surface area contributed by atoms with Crippen LogP contribution in [0.1, 0.15) is 27.6 Å². The number of nitrogens with one attached hydrogen (secondary N) is 1. The van der Waals surface area contributed by atoms with Gasteiger partial charge in [-0.25, -0.2) is 4.79 Å². The number of aromatic hydroxyl groups is 1. The number of phenolic OH excluding ortho intramolecular Hbond substituents is 1. The number of benzene rings is 2. The topological polar surface area (TPSA) is 102 Å². The summed E-state index contributed by atoms with van der Waals surface area (Å²) in [6, 6.07) is 10.1. The number of para-hydroxylation sites is 1. The van der Waals surface area contributed by atoms with E-state index in [1.807, 2.05) is 0 Å². The Balaban J connectivity index is 2.31. The third-order valence-electron chi connectivity index (χ3n) is 3.05. The van der Waals surface area contributed by atoms with Gasteiger partial charge >= 0.3 is 11.9 Å². The largest absolute Gasteiger partial charge is 0.507 e. The highest BCUT2D eigenvalue weighted by Gasteiger charge is 2.17. The molecular formula is C17H15NO6. The number of carbonyl (C=O) groups is 3. The minimum absolute atomic E-state index is 0.103. The maximum Gasteiger partial charge on any atom is 0.339 e. The van der Waals surface area contributed by atoms with Gasteiger partial charge in [-0.05, 0) is 30.3 Å². The maximum atomic E-state index is 12.4. The third kappa shape index (κ3) is 3.89. The van der Waals surface area contributed by atoms with E-state index in [2.05, 4.69) is 10.1 Å². The molecule has 2 aromatic carbocycles. The Morgan fingerprint density at radius 2 is 1.75 bits per heavy atom. The Kier molecular flexibility index (Phi) is 5.16. The molecule has 0 aliphatic rings. The molecule has 0 radical (unpaired) electrons. The number of amides is 1. The summed E-state index contributed by atoms with van der Waals surface area (Å²) >= 11 is 0. The van der Waals surface area contributed by atoms with Gasteiger partial charge in [-0.3, -0.25) is 9.59 Å². The second kappa shape index (κ2) is 7.28. The molecule has 2 N–H and O–H groups in total. The van der Waals surface area contributed by atoms with Crippen molar-refractivity contribution in [1.82, 2.24) is 0 Å². The molecule has 2 rings (SSSR count). The average Bonchev–Trinajstić information content (AvgIpc) is 2.56. The van der Waals surface area contributed by atoms with Crippen molar-refractivity contribution >= 4 is 23.5 Å². The summed E-state index contributed by atoms with van der Waals surface area (Å²) in [7, 11) is 1.23. The molecule has 0 unspecified atom stereocenters. The molecule has 7 heteroatoms. The molecule has 0 saturated carbocycles. The first kappa shape index (κ1) is 17.0. The molecule has 1 amide bonds. The molecule has 0 bridgehead atoms. The molecule has 0 heterocycles. The van der Waals surface area contributed by atoms with Gasteiger partial charge in [0.15, 0.2) is 0 Å². The maximum absolute atomic E-state index is 12.4. The minimum Gasteiger partial charge on any atom is -0.507 e. The number of ether oxygens (including phenoxy) is 2. The van der Waals surface area contributed by atoms with Gasteiger partial charge in [0.1, 0.15) is 11.5 Å². The van der Waals surface area contributed by atoms with E-state index in [9.17, 15) is 19.5 Å². The van der Waals surface area contributed by atoms with Crippen molar-refractivity contribution in [2.24, 2.45) is 0 Å². The molecule has 24 heavy (non-hydrogen) atoms. The number of rotatable bonds is 4. The van der Waals surface area contributed by atoms with Crippen LogP contribution in [0.3, 0.4) is 0 Å². The van der Waals surface area contributed by atoms with Crippen LogP contribution in [0.5, 0.6) is 11.5 Å². The quantitative estimate of drug-likeness (QED) is 0.659. The highest BCUT2D eigenvalue weighted by atomic mass is 16.5. The van der Waals surface area contributed by atoms with Gasteiger partial charge in [-0.1, -0.05) is 12.1 Å². The number of esters is 2. The molecule has 0 aliphatic carbocycles. The van der Waals surface area contributed by atoms with Gasteiger partial charge in [-0.2, -0.15) is 0 Å². The molecule has 0 aliphatic heterocycles. The van der Waals surface area contributed by atoms with Gasteiger partial charge in [0, 0.05) is 6.92 Å². The van der Waals surface area contributed by atoms with Crippen molar-refractivity contribution in [2.45, 2.75) is 6.92 Å². The summed E-state index contributed by atoms with van der Waals surface area (Å²) in [6.45, 7) is 1.22. The van der Waals surface area contributed by atoms with Crippen molar-refractivity contribution in [1.29, 1.82) is 0 Å². The van der Waals surface area contributed by atoms with Crippen LogP contribution in [-0.4, -0.2) is 30.1 Å². The van der Waals surface area contributed by atoms with Gasteiger partial charge in [-0.15, -0.1) is 0 Å². The average molecular weight is 329 g/mol. The molecule has 124 valence electrons. The molecule has 0 aromatic heterocycles. The number of methoxy groups -OCH3 is 1. The van der Waals surface area contributed by atoms with Crippen LogP contribution < -0.4 is 10.1 Å². The summed E-state index contributed by atoms with van der Waals surface area (Å²) in [5, 5.41) is 12.4. The van der Waals surface area contributed by atoms with Crippen LogP contribution in [0, 0.1) is 0 Å². The number of carbonyl (C=O) groups excluding carboxylic acids is 3. The number of phenols is 1. The van der Waals surface area contributed by atoms with E-state index in [0.717, 1.165) is 0 Å². The zero-order valence-electron chi connectivity index (χ0n) is 13.0. The van der Waals surface area contributed by atoms with Crippen LogP contribution >= 0.6 is 0 Å². The van der Waals surface area contributed by atoms with E-state index in [1.165, 1.54) is 44.4 Å². The Morgan fingerprint density at radius 1 is 1.04 bits per heavy atom. The second-order valence-corrected chi connectivity index (χ2v) is 4.76. The van der Waals surface area contributed by atoms with E-state index in [4.69, 9.17) is 4.74 Å². The fourth-order valence-corrected chi connectivity index (χ4v) is 2.00. The van der Waals surface area contributed by atoms with E-state index in [-0.39, 0.29) is 28.3 Å². The van der Waals surface area contributed by atoms with Crippen LogP contribution in [0.4, 0.5) is 5.69 Å². The smallest absolute Gasteiger partial charge is 0.339 e. The predicted molar refractivity (Wildman–Crippen MR) is 85.2 cm³/mol. The van der Waals surface area contributed by atoms with E-state index >= 15 is 0 Å². The van der Waals surface area contributed by atoms with Crippen LogP contribution in [0.25, 0.3) is 0 Å². The molecular weight excluding hydrogens is 314 g/mol. The monoisotopic (exact) mass is 329 g/mol. The van der Waals surface area contributed by atoms with Crippen molar-refractivity contribution < 1.29 is 29.0 Å².